The predicted molar refractivity (Wildman–Crippen MR) is 248 cm³/mol. The van der Waals surface area contributed by atoms with Crippen LogP contribution < -0.4 is 0 Å². The fourth-order valence-electron chi connectivity index (χ4n) is 11.1. The molecule has 3 heterocycles. The molecule has 1 amide bonds. The Morgan fingerprint density at radius 1 is 0.985 bits per heavy atom. The maximum Gasteiger partial charge on any atom is 0.329 e. The average Bonchev–Trinajstić information content (AvgIpc) is 3.31. The summed E-state index contributed by atoms with van der Waals surface area (Å²) < 4.78 is 44.1. The Bertz CT molecular complexity index is 1920. The van der Waals surface area contributed by atoms with Gasteiger partial charge in [-0.3, -0.25) is 14.4 Å². The molecule has 14 nitrogen and oxygen atoms in total. The number of ether oxygens (including phenoxy) is 5. The summed E-state index contributed by atoms with van der Waals surface area (Å²) in [5.41, 5.74) is 0.690. The third-order valence-corrected chi connectivity index (χ3v) is 15.2. The first-order valence-electron chi connectivity index (χ1n) is 24.5. The second-order valence-corrected chi connectivity index (χ2v) is 20.2. The number of ketones is 2. The van der Waals surface area contributed by atoms with Crippen LogP contribution in [0.25, 0.3) is 0 Å². The average molecular weight is 944 g/mol. The minimum absolute atomic E-state index is 0.00371. The fraction of sp³-hybridized carbons (Fsp3) is 0.731. The molecule has 1 aromatic rings. The van der Waals surface area contributed by atoms with Crippen LogP contribution in [-0.2, 0) is 42.9 Å². The largest absolute Gasteiger partial charge is 0.456 e. The molecule has 0 radical (unpaired) electrons. The van der Waals surface area contributed by atoms with Gasteiger partial charge in [0.25, 0.3) is 11.7 Å². The van der Waals surface area contributed by atoms with Crippen molar-refractivity contribution in [1.82, 2.24) is 4.90 Å². The SMILES string of the molecule is CCC1/C=C(\C)CC(C)CC(OC)C2OC(O)(C(=O)C(=O)N3CCCCC3C(=O)OC(C(C)=CC3CCC(O)(CCC(O)c4cccc(F)c4)C(OC)C3)C(C)C(O)CC1=O)C(C)CC2OC. The maximum absolute atomic E-state index is 14.5. The van der Waals surface area contributed by atoms with Gasteiger partial charge in [0.15, 0.2) is 0 Å². The number of Topliss-reactive ketones (excluding diaryl/α,β-unsaturated/α-hetero) is 2. The van der Waals surface area contributed by atoms with E-state index < -0.39 is 101 Å². The number of hydrogen-bond donors (Lipinski definition) is 4. The highest BCUT2D eigenvalue weighted by atomic mass is 19.1. The van der Waals surface area contributed by atoms with Gasteiger partial charge in [-0.15, -0.1) is 0 Å². The van der Waals surface area contributed by atoms with Crippen LogP contribution in [0.15, 0.2) is 47.6 Å². The quantitative estimate of drug-likeness (QED) is 0.113. The molecule has 15 heteroatoms. The number of halogens is 1. The molecule has 0 aromatic heterocycles. The van der Waals surface area contributed by atoms with Crippen LogP contribution in [-0.4, -0.2) is 131 Å². The lowest BCUT2D eigenvalue weighted by atomic mass is 9.73. The second-order valence-electron chi connectivity index (χ2n) is 20.2. The summed E-state index contributed by atoms with van der Waals surface area (Å²) in [6.07, 6.45) is 2.22. The Morgan fingerprint density at radius 3 is 2.34 bits per heavy atom. The van der Waals surface area contributed by atoms with Gasteiger partial charge < -0.3 is 49.0 Å². The number of carbonyl (C=O) groups is 4. The zero-order chi connectivity index (χ0) is 49.4. The Morgan fingerprint density at radius 2 is 1.69 bits per heavy atom. The van der Waals surface area contributed by atoms with Gasteiger partial charge in [-0.1, -0.05) is 57.6 Å². The van der Waals surface area contributed by atoms with Crippen LogP contribution in [0.5, 0.6) is 0 Å². The van der Waals surface area contributed by atoms with Crippen molar-refractivity contribution in [2.45, 2.75) is 185 Å². The number of carbonyl (C=O) groups excluding carboxylic acids is 4. The number of aliphatic hydroxyl groups excluding tert-OH is 2. The van der Waals surface area contributed by atoms with Crippen molar-refractivity contribution >= 4 is 23.4 Å². The van der Waals surface area contributed by atoms with Crippen molar-refractivity contribution in [2.75, 3.05) is 27.9 Å². The van der Waals surface area contributed by atoms with Crippen LogP contribution in [0.4, 0.5) is 4.39 Å². The number of methoxy groups -OCH3 is 3. The van der Waals surface area contributed by atoms with E-state index in [1.54, 1.807) is 26.8 Å². The van der Waals surface area contributed by atoms with E-state index >= 15 is 0 Å². The first kappa shape index (κ1) is 54.5. The number of amides is 1. The Balaban J connectivity index is 1.46. The van der Waals surface area contributed by atoms with Gasteiger partial charge in [0.2, 0.25) is 5.79 Å². The molecule has 1 aromatic carbocycles. The number of rotatable bonds is 10. The van der Waals surface area contributed by atoms with Crippen LogP contribution in [0, 0.1) is 35.4 Å². The number of hydrogen-bond acceptors (Lipinski definition) is 13. The summed E-state index contributed by atoms with van der Waals surface area (Å²) in [6.45, 7) is 11.1. The predicted octanol–water partition coefficient (Wildman–Crippen LogP) is 6.50. The van der Waals surface area contributed by atoms with Gasteiger partial charge in [-0.05, 0) is 126 Å². The molecule has 67 heavy (non-hydrogen) atoms. The number of aliphatic hydroxyl groups is 4. The van der Waals surface area contributed by atoms with Crippen LogP contribution in [0.3, 0.4) is 0 Å². The molecular formula is C52H78FNO13. The van der Waals surface area contributed by atoms with Crippen LogP contribution in [0.2, 0.25) is 0 Å². The standard InChI is InChI=1S/C52H78FNO13/c1-10-36-23-30(2)22-31(3)24-43(63-7)47-44(64-8)26-33(5)52(62,67-47)48(58)49(59)54-21-12-11-16-39(54)50(60)66-46(34(6)41(56)29-42(36)57)32(4)25-35-17-19-51(61,45(27-35)65-9)20-18-40(55)37-14-13-15-38(53)28-37/h13-15,23,25,28,31,33-36,39-41,43-47,55-56,61-62H,10-12,16-22,24,26-27,29H2,1-9H3/b30-23+,32-25?. The molecule has 4 aliphatic rings. The summed E-state index contributed by atoms with van der Waals surface area (Å²) in [7, 11) is 4.55. The zero-order valence-electron chi connectivity index (χ0n) is 41.2. The smallest absolute Gasteiger partial charge is 0.329 e. The summed E-state index contributed by atoms with van der Waals surface area (Å²) >= 11 is 0. The van der Waals surface area contributed by atoms with Crippen LogP contribution >= 0.6 is 0 Å². The highest BCUT2D eigenvalue weighted by Crippen LogP contribution is 2.42. The monoisotopic (exact) mass is 944 g/mol. The minimum Gasteiger partial charge on any atom is -0.456 e. The van der Waals surface area contributed by atoms with Gasteiger partial charge in [-0.2, -0.15) is 0 Å². The number of piperidine rings is 1. The van der Waals surface area contributed by atoms with E-state index in [1.807, 2.05) is 32.9 Å². The highest BCUT2D eigenvalue weighted by molar-refractivity contribution is 6.39. The third kappa shape index (κ3) is 13.1. The second kappa shape index (κ2) is 23.9. The number of cyclic esters (lactones) is 1. The lowest BCUT2D eigenvalue weighted by molar-refractivity contribution is -0.302. The molecule has 2 saturated heterocycles. The topological polar surface area (TPSA) is 199 Å². The molecule has 15 atom stereocenters. The van der Waals surface area contributed by atoms with Gasteiger partial charge in [0.05, 0.1) is 36.1 Å². The molecule has 3 aliphatic heterocycles. The number of esters is 1. The fourth-order valence-corrected chi connectivity index (χ4v) is 11.1. The minimum atomic E-state index is -2.54. The molecule has 0 spiro atoms. The number of allylic oxidation sites excluding steroid dienone is 3. The van der Waals surface area contributed by atoms with E-state index in [9.17, 15) is 44.0 Å². The van der Waals surface area contributed by atoms with Gasteiger partial charge in [-0.25, -0.2) is 9.18 Å². The van der Waals surface area contributed by atoms with Crippen molar-refractivity contribution in [3.05, 3.63) is 58.9 Å². The highest BCUT2D eigenvalue weighted by Gasteiger charge is 2.57. The summed E-state index contributed by atoms with van der Waals surface area (Å²) in [6, 6.07) is 4.55. The molecule has 2 bridgehead atoms. The van der Waals surface area contributed by atoms with Crippen molar-refractivity contribution in [1.29, 1.82) is 0 Å². The molecule has 1 saturated carbocycles. The van der Waals surface area contributed by atoms with E-state index in [4.69, 9.17) is 23.7 Å². The molecular weight excluding hydrogens is 866 g/mol. The van der Waals surface area contributed by atoms with Gasteiger partial charge in [0, 0.05) is 52.0 Å². The summed E-state index contributed by atoms with van der Waals surface area (Å²) in [5, 5.41) is 46.6. The summed E-state index contributed by atoms with van der Waals surface area (Å²) in [5.74, 6) is -8.52. The van der Waals surface area contributed by atoms with Crippen molar-refractivity contribution in [3.63, 3.8) is 0 Å². The molecule has 3 fully saturated rings. The molecule has 1 aliphatic carbocycles. The molecule has 15 unspecified atom stereocenters. The lowest BCUT2D eigenvalue weighted by Crippen LogP contribution is -2.64. The number of nitrogens with zero attached hydrogens (tertiary/aromatic N) is 1. The number of benzene rings is 1. The van der Waals surface area contributed by atoms with Crippen molar-refractivity contribution < 1.29 is 67.7 Å². The molecule has 376 valence electrons. The lowest BCUT2D eigenvalue weighted by Gasteiger charge is -2.47. The van der Waals surface area contributed by atoms with Gasteiger partial charge in [0.1, 0.15) is 29.9 Å². The summed E-state index contributed by atoms with van der Waals surface area (Å²) in [4.78, 5) is 58.4. The Hall–Kier alpha value is -3.41. The van der Waals surface area contributed by atoms with Crippen molar-refractivity contribution in [3.8, 4) is 0 Å². The van der Waals surface area contributed by atoms with E-state index in [1.165, 1.54) is 39.5 Å². The van der Waals surface area contributed by atoms with E-state index in [0.717, 1.165) is 10.5 Å². The zero-order valence-corrected chi connectivity index (χ0v) is 41.2. The number of fused-ring (bicyclic) bond motifs is 3. The Kier molecular flexibility index (Phi) is 19.5. The van der Waals surface area contributed by atoms with E-state index in [2.05, 4.69) is 0 Å². The molecule has 4 N–H and O–H groups in total. The first-order chi connectivity index (χ1) is 31.7. The van der Waals surface area contributed by atoms with Crippen LogP contribution in [0.1, 0.15) is 137 Å². The van der Waals surface area contributed by atoms with Crippen molar-refractivity contribution in [2.24, 2.45) is 29.6 Å². The molecule has 5 rings (SSSR count). The van der Waals surface area contributed by atoms with Gasteiger partial charge >= 0.3 is 5.97 Å². The van der Waals surface area contributed by atoms with E-state index in [-0.39, 0.29) is 56.3 Å². The maximum atomic E-state index is 14.5. The first-order valence-corrected chi connectivity index (χ1v) is 24.5. The normalized spacial score (nSPS) is 38.3. The third-order valence-electron chi connectivity index (χ3n) is 15.2. The van der Waals surface area contributed by atoms with E-state index in [0.29, 0.717) is 62.5 Å². The Labute approximate surface area is 396 Å².